The van der Waals surface area contributed by atoms with E-state index >= 15 is 0 Å². The third kappa shape index (κ3) is 8.90. The summed E-state index contributed by atoms with van der Waals surface area (Å²) >= 11 is 1.63. The molecule has 2 amide bonds. The van der Waals surface area contributed by atoms with Crippen molar-refractivity contribution in [1.82, 2.24) is 20.1 Å². The molecule has 0 unspecified atom stereocenters. The number of hydrogen-bond donors (Lipinski definition) is 1. The predicted octanol–water partition coefficient (Wildman–Crippen LogP) is 8.30. The molecule has 0 spiro atoms. The highest BCUT2D eigenvalue weighted by Gasteiger charge is 2.31. The van der Waals surface area contributed by atoms with Gasteiger partial charge in [0, 0.05) is 30.1 Å². The number of aliphatic imine (C=N–C) groups is 1. The Morgan fingerprint density at radius 1 is 1.07 bits per heavy atom. The van der Waals surface area contributed by atoms with Crippen molar-refractivity contribution in [3.63, 3.8) is 0 Å². The van der Waals surface area contributed by atoms with E-state index in [1.165, 1.54) is 46.4 Å². The number of thioether (sulfide) groups is 1. The molecular formula is C34H37F3N6O2S. The number of urea groups is 1. The summed E-state index contributed by atoms with van der Waals surface area (Å²) < 4.78 is 42.6. The lowest BCUT2D eigenvalue weighted by atomic mass is 9.98. The molecule has 0 bridgehead atoms. The van der Waals surface area contributed by atoms with Crippen LogP contribution < -0.4 is 15.0 Å². The molecule has 0 atom stereocenters. The number of alkyl halides is 3. The van der Waals surface area contributed by atoms with Crippen molar-refractivity contribution >= 4 is 28.6 Å². The molecule has 5 rings (SSSR count). The van der Waals surface area contributed by atoms with Crippen LogP contribution >= 0.6 is 11.8 Å². The molecule has 0 saturated carbocycles. The van der Waals surface area contributed by atoms with Gasteiger partial charge >= 0.3 is 12.4 Å². The molecular weight excluding hydrogens is 613 g/mol. The number of nitrogens with zero attached hydrogens (tertiary/aromatic N) is 5. The molecule has 0 radical (unpaired) electrons. The first-order valence-electron chi connectivity index (χ1n) is 15.3. The van der Waals surface area contributed by atoms with Gasteiger partial charge < -0.3 is 15.0 Å². The van der Waals surface area contributed by atoms with Gasteiger partial charge in [-0.1, -0.05) is 62.0 Å². The third-order valence-corrected chi connectivity index (χ3v) is 8.55. The van der Waals surface area contributed by atoms with Crippen molar-refractivity contribution in [3.05, 3.63) is 89.7 Å². The normalized spacial score (nSPS) is 14.6. The van der Waals surface area contributed by atoms with E-state index in [1.807, 2.05) is 24.3 Å². The van der Waals surface area contributed by atoms with Crippen molar-refractivity contribution in [2.24, 2.45) is 4.99 Å². The molecule has 1 aliphatic rings. The van der Waals surface area contributed by atoms with E-state index in [4.69, 9.17) is 0 Å². The third-order valence-electron chi connectivity index (χ3n) is 7.49. The molecule has 1 saturated heterocycles. The number of aryl methyl sites for hydroxylation is 2. The number of aromatic nitrogens is 3. The van der Waals surface area contributed by atoms with Gasteiger partial charge in [0.2, 0.25) is 0 Å². The van der Waals surface area contributed by atoms with Gasteiger partial charge in [0.05, 0.1) is 5.69 Å². The van der Waals surface area contributed by atoms with Crippen LogP contribution in [-0.2, 0) is 6.42 Å². The fourth-order valence-electron chi connectivity index (χ4n) is 5.17. The summed E-state index contributed by atoms with van der Waals surface area (Å²) in [4.78, 5) is 23.7. The maximum atomic E-state index is 12.7. The number of carbonyl (C=O) groups excluding carboxylic acids is 1. The smallest absolute Gasteiger partial charge is 0.406 e. The average Bonchev–Trinajstić information content (AvgIpc) is 3.51. The van der Waals surface area contributed by atoms with Crippen molar-refractivity contribution in [2.75, 3.05) is 23.7 Å². The van der Waals surface area contributed by atoms with Crippen LogP contribution in [0.1, 0.15) is 55.7 Å². The second kappa shape index (κ2) is 14.8. The van der Waals surface area contributed by atoms with Gasteiger partial charge in [-0.3, -0.25) is 0 Å². The highest BCUT2D eigenvalue weighted by Crippen LogP contribution is 2.33. The van der Waals surface area contributed by atoms with E-state index in [9.17, 15) is 18.0 Å². The van der Waals surface area contributed by atoms with Gasteiger partial charge in [-0.15, -0.1) is 18.3 Å². The van der Waals surface area contributed by atoms with Crippen LogP contribution in [0.4, 0.5) is 23.7 Å². The average molecular weight is 651 g/mol. The van der Waals surface area contributed by atoms with Gasteiger partial charge in [0.25, 0.3) is 0 Å². The van der Waals surface area contributed by atoms with Crippen molar-refractivity contribution in [2.45, 2.75) is 58.7 Å². The zero-order valence-electron chi connectivity index (χ0n) is 26.1. The Labute approximate surface area is 271 Å². The van der Waals surface area contributed by atoms with Gasteiger partial charge in [-0.2, -0.15) is 4.99 Å². The van der Waals surface area contributed by atoms with Crippen LogP contribution in [-0.4, -0.2) is 51.2 Å². The molecule has 46 heavy (non-hydrogen) atoms. The van der Waals surface area contributed by atoms with E-state index in [1.54, 1.807) is 11.8 Å². The van der Waals surface area contributed by atoms with Gasteiger partial charge in [-0.05, 0) is 85.5 Å². The highest BCUT2D eigenvalue weighted by atomic mass is 32.2. The monoisotopic (exact) mass is 650 g/mol. The maximum Gasteiger partial charge on any atom is 0.573 e. The Balaban J connectivity index is 1.09. The molecule has 8 nitrogen and oxygen atoms in total. The van der Waals surface area contributed by atoms with Crippen LogP contribution in [0.5, 0.6) is 5.75 Å². The first kappa shape index (κ1) is 33.1. The fourth-order valence-corrected chi connectivity index (χ4v) is 6.12. The standard InChI is InChI=1S/C34H37F3N6O2S/c1-23(2)29-17-8-24(3)21-30(29)42-19-6-20-46-33(42)40-32(44)38-18-5-4-7-25-9-11-26(12-10-25)31-39-22-43(41-31)27-13-15-28(16-14-27)45-34(35,36)37/h8-17,21-23H,4-7,18-20H2,1-3H3,(H,38,44)/b40-33-. The van der Waals surface area contributed by atoms with Gasteiger partial charge in [0.15, 0.2) is 11.0 Å². The number of hydrogen-bond acceptors (Lipinski definition) is 5. The molecule has 1 aliphatic heterocycles. The summed E-state index contributed by atoms with van der Waals surface area (Å²) in [6.07, 6.45) is 0.393. The number of halogens is 3. The first-order valence-corrected chi connectivity index (χ1v) is 16.3. The van der Waals surface area contributed by atoms with Gasteiger partial charge in [-0.25, -0.2) is 14.5 Å². The number of nitrogens with one attached hydrogen (secondary N) is 1. The number of amidine groups is 1. The second-order valence-corrected chi connectivity index (χ2v) is 12.5. The summed E-state index contributed by atoms with van der Waals surface area (Å²) in [5.41, 5.74) is 6.12. The minimum atomic E-state index is -4.74. The SMILES string of the molecule is Cc1ccc(C(C)C)c(N2CCCS/C2=N\C(=O)NCCCCc2ccc(-c3ncn(-c4ccc(OC(F)(F)F)cc4)n3)cc2)c1. The molecule has 1 aromatic heterocycles. The first-order chi connectivity index (χ1) is 22.1. The topological polar surface area (TPSA) is 84.6 Å². The summed E-state index contributed by atoms with van der Waals surface area (Å²) in [7, 11) is 0. The number of rotatable bonds is 10. The largest absolute Gasteiger partial charge is 0.573 e. The Morgan fingerprint density at radius 3 is 2.54 bits per heavy atom. The van der Waals surface area contributed by atoms with Crippen molar-refractivity contribution in [1.29, 1.82) is 0 Å². The van der Waals surface area contributed by atoms with Crippen LogP contribution in [0, 0.1) is 6.92 Å². The highest BCUT2D eigenvalue weighted by molar-refractivity contribution is 8.14. The Kier molecular flexibility index (Phi) is 10.7. The zero-order chi connectivity index (χ0) is 32.7. The summed E-state index contributed by atoms with van der Waals surface area (Å²) in [6, 6.07) is 19.6. The Hall–Kier alpha value is -4.32. The molecule has 3 aromatic carbocycles. The van der Waals surface area contributed by atoms with Crippen LogP contribution in [0.3, 0.4) is 0 Å². The number of ether oxygens (including phenoxy) is 1. The number of amides is 2. The minimum absolute atomic E-state index is 0.299. The van der Waals surface area contributed by atoms with E-state index in [0.717, 1.165) is 60.0 Å². The quantitative estimate of drug-likeness (QED) is 0.174. The molecule has 1 fully saturated rings. The van der Waals surface area contributed by atoms with Crippen molar-refractivity contribution < 1.29 is 22.7 Å². The van der Waals surface area contributed by atoms with Crippen LogP contribution in [0.2, 0.25) is 0 Å². The van der Waals surface area contributed by atoms with Crippen LogP contribution in [0.15, 0.2) is 78.0 Å². The maximum absolute atomic E-state index is 12.7. The lowest BCUT2D eigenvalue weighted by Gasteiger charge is -2.32. The second-order valence-electron chi connectivity index (χ2n) is 11.4. The molecule has 2 heterocycles. The number of unbranched alkanes of at least 4 members (excludes halogenated alkanes) is 1. The summed E-state index contributed by atoms with van der Waals surface area (Å²) in [5, 5.41) is 8.16. The Bertz CT molecular complexity index is 1650. The van der Waals surface area contributed by atoms with Crippen LogP contribution in [0.25, 0.3) is 17.1 Å². The van der Waals surface area contributed by atoms with Gasteiger partial charge in [0.1, 0.15) is 12.1 Å². The van der Waals surface area contributed by atoms with E-state index in [-0.39, 0.29) is 11.8 Å². The molecule has 1 N–H and O–H groups in total. The zero-order valence-corrected chi connectivity index (χ0v) is 26.9. The summed E-state index contributed by atoms with van der Waals surface area (Å²) in [6.45, 7) is 7.85. The fraction of sp³-hybridized carbons (Fsp3) is 0.353. The molecule has 4 aromatic rings. The van der Waals surface area contributed by atoms with E-state index in [2.05, 4.69) is 69.0 Å². The molecule has 242 valence electrons. The lowest BCUT2D eigenvalue weighted by molar-refractivity contribution is -0.274. The molecule has 12 heteroatoms. The minimum Gasteiger partial charge on any atom is -0.406 e. The number of carbonyl (C=O) groups is 1. The van der Waals surface area contributed by atoms with Crippen molar-refractivity contribution in [3.8, 4) is 22.8 Å². The summed E-state index contributed by atoms with van der Waals surface area (Å²) in [5.74, 6) is 1.52. The lowest BCUT2D eigenvalue weighted by Crippen LogP contribution is -2.36. The molecule has 0 aliphatic carbocycles. The van der Waals surface area contributed by atoms with E-state index < -0.39 is 6.36 Å². The number of benzene rings is 3. The van der Waals surface area contributed by atoms with E-state index in [0.29, 0.717) is 24.0 Å². The Morgan fingerprint density at radius 2 is 1.83 bits per heavy atom. The number of anilines is 1. The predicted molar refractivity (Wildman–Crippen MR) is 177 cm³/mol.